The lowest BCUT2D eigenvalue weighted by atomic mass is 10.00. The molecule has 0 heterocycles. The number of hydrogen-bond donors (Lipinski definition) is 1. The zero-order valence-corrected chi connectivity index (χ0v) is 10.3. The number of aryl methyl sites for hydroxylation is 1. The summed E-state index contributed by atoms with van der Waals surface area (Å²) in [7, 11) is 2.69. The predicted molar refractivity (Wildman–Crippen MR) is 58.9 cm³/mol. The van der Waals surface area contributed by atoms with Crippen LogP contribution in [0.4, 0.5) is 13.2 Å². The van der Waals surface area contributed by atoms with Crippen LogP contribution in [0.15, 0.2) is 18.2 Å². The standard InChI is InChI=1S/C12H15F3O3/c1-7-6-8(12(13,14)15)4-5-9(7)10(16)11(17-2)18-3/h4-6,10-11,16H,1-3H3. The van der Waals surface area contributed by atoms with Gasteiger partial charge in [-0.2, -0.15) is 13.2 Å². The molecule has 0 bridgehead atoms. The smallest absolute Gasteiger partial charge is 0.383 e. The average Bonchev–Trinajstić information content (AvgIpc) is 2.29. The molecule has 1 N–H and O–H groups in total. The molecule has 1 atom stereocenters. The number of aliphatic hydroxyl groups excluding tert-OH is 1. The van der Waals surface area contributed by atoms with E-state index in [-0.39, 0.29) is 0 Å². The molecule has 0 aromatic heterocycles. The minimum atomic E-state index is -4.39. The Morgan fingerprint density at radius 2 is 1.72 bits per heavy atom. The first-order valence-electron chi connectivity index (χ1n) is 5.22. The molecule has 0 aliphatic rings. The summed E-state index contributed by atoms with van der Waals surface area (Å²) in [6, 6.07) is 3.14. The number of ether oxygens (including phenoxy) is 2. The van der Waals surface area contributed by atoms with Gasteiger partial charge in [0.05, 0.1) is 5.56 Å². The Balaban J connectivity index is 3.06. The molecule has 0 fully saturated rings. The number of aliphatic hydroxyl groups is 1. The summed E-state index contributed by atoms with van der Waals surface area (Å²) in [6.45, 7) is 1.50. The van der Waals surface area contributed by atoms with E-state index in [2.05, 4.69) is 0 Å². The average molecular weight is 264 g/mol. The van der Waals surface area contributed by atoms with Crippen LogP contribution < -0.4 is 0 Å². The molecule has 0 aliphatic heterocycles. The minimum absolute atomic E-state index is 0.330. The molecule has 0 spiro atoms. The van der Waals surface area contributed by atoms with E-state index < -0.39 is 24.1 Å². The first-order chi connectivity index (χ1) is 8.31. The van der Waals surface area contributed by atoms with Crippen molar-refractivity contribution in [3.05, 3.63) is 34.9 Å². The molecule has 1 aromatic carbocycles. The third-order valence-electron chi connectivity index (χ3n) is 2.64. The van der Waals surface area contributed by atoms with Crippen molar-refractivity contribution >= 4 is 0 Å². The van der Waals surface area contributed by atoms with Crippen LogP contribution >= 0.6 is 0 Å². The van der Waals surface area contributed by atoms with Crippen LogP contribution in [0.1, 0.15) is 22.8 Å². The minimum Gasteiger partial charge on any atom is -0.383 e. The van der Waals surface area contributed by atoms with Crippen molar-refractivity contribution in [1.82, 2.24) is 0 Å². The highest BCUT2D eigenvalue weighted by Gasteiger charge is 2.31. The van der Waals surface area contributed by atoms with E-state index in [4.69, 9.17) is 9.47 Å². The molecular formula is C12H15F3O3. The van der Waals surface area contributed by atoms with Crippen LogP contribution in [0.5, 0.6) is 0 Å². The van der Waals surface area contributed by atoms with Gasteiger partial charge in [0.25, 0.3) is 0 Å². The van der Waals surface area contributed by atoms with Gasteiger partial charge in [-0.25, -0.2) is 0 Å². The van der Waals surface area contributed by atoms with Crippen molar-refractivity contribution in [3.8, 4) is 0 Å². The number of halogens is 3. The van der Waals surface area contributed by atoms with E-state index in [1.807, 2.05) is 0 Å². The number of alkyl halides is 3. The second-order valence-electron chi connectivity index (χ2n) is 3.85. The van der Waals surface area contributed by atoms with Gasteiger partial charge < -0.3 is 14.6 Å². The predicted octanol–water partition coefficient (Wildman–Crippen LogP) is 2.67. The highest BCUT2D eigenvalue weighted by atomic mass is 19.4. The lowest BCUT2D eigenvalue weighted by Gasteiger charge is -2.22. The second kappa shape index (κ2) is 5.69. The summed E-state index contributed by atoms with van der Waals surface area (Å²) in [5.41, 5.74) is -0.0736. The largest absolute Gasteiger partial charge is 0.416 e. The van der Waals surface area contributed by atoms with Crippen LogP contribution in [0.25, 0.3) is 0 Å². The molecule has 1 rings (SSSR count). The highest BCUT2D eigenvalue weighted by molar-refractivity contribution is 5.34. The van der Waals surface area contributed by atoms with Gasteiger partial charge in [0.1, 0.15) is 6.10 Å². The Hall–Kier alpha value is -1.11. The van der Waals surface area contributed by atoms with Gasteiger partial charge in [-0.1, -0.05) is 6.07 Å². The fourth-order valence-electron chi connectivity index (χ4n) is 1.68. The molecule has 0 radical (unpaired) electrons. The molecule has 3 nitrogen and oxygen atoms in total. The first kappa shape index (κ1) is 14.9. The van der Waals surface area contributed by atoms with Crippen molar-refractivity contribution in [2.24, 2.45) is 0 Å². The Morgan fingerprint density at radius 1 is 1.17 bits per heavy atom. The number of hydrogen-bond acceptors (Lipinski definition) is 3. The molecular weight excluding hydrogens is 249 g/mol. The topological polar surface area (TPSA) is 38.7 Å². The summed E-state index contributed by atoms with van der Waals surface area (Å²) in [4.78, 5) is 0. The summed E-state index contributed by atoms with van der Waals surface area (Å²) >= 11 is 0. The molecule has 102 valence electrons. The lowest BCUT2D eigenvalue weighted by molar-refractivity contribution is -0.166. The quantitative estimate of drug-likeness (QED) is 0.850. The zero-order chi connectivity index (χ0) is 13.9. The van der Waals surface area contributed by atoms with Crippen molar-refractivity contribution in [1.29, 1.82) is 0 Å². The summed E-state index contributed by atoms with van der Waals surface area (Å²) in [5, 5.41) is 9.92. The van der Waals surface area contributed by atoms with Gasteiger partial charge in [0.15, 0.2) is 6.29 Å². The monoisotopic (exact) mass is 264 g/mol. The van der Waals surface area contributed by atoms with Crippen LogP contribution in [0.3, 0.4) is 0 Å². The van der Waals surface area contributed by atoms with Crippen molar-refractivity contribution in [2.75, 3.05) is 14.2 Å². The SMILES string of the molecule is COC(OC)C(O)c1ccc(C(F)(F)F)cc1C. The third-order valence-corrected chi connectivity index (χ3v) is 2.64. The Labute approximate surface area is 103 Å². The molecule has 0 amide bonds. The van der Waals surface area contributed by atoms with E-state index in [1.165, 1.54) is 27.2 Å². The van der Waals surface area contributed by atoms with Gasteiger partial charge in [-0.3, -0.25) is 0 Å². The Bertz CT molecular complexity index is 400. The van der Waals surface area contributed by atoms with E-state index in [0.29, 0.717) is 11.1 Å². The number of methoxy groups -OCH3 is 2. The maximum absolute atomic E-state index is 12.5. The van der Waals surface area contributed by atoms with E-state index in [1.54, 1.807) is 0 Å². The van der Waals surface area contributed by atoms with Crippen LogP contribution in [-0.4, -0.2) is 25.6 Å². The summed E-state index contributed by atoms with van der Waals surface area (Å²) in [6.07, 6.45) is -6.45. The second-order valence-corrected chi connectivity index (χ2v) is 3.85. The highest BCUT2D eigenvalue weighted by Crippen LogP contribution is 2.32. The van der Waals surface area contributed by atoms with Gasteiger partial charge in [-0.05, 0) is 30.2 Å². The molecule has 0 saturated carbocycles. The van der Waals surface area contributed by atoms with Gasteiger partial charge in [0.2, 0.25) is 0 Å². The Morgan fingerprint density at radius 3 is 2.11 bits per heavy atom. The molecule has 1 unspecified atom stereocenters. The van der Waals surface area contributed by atoms with Crippen LogP contribution in [0.2, 0.25) is 0 Å². The maximum atomic E-state index is 12.5. The first-order valence-corrected chi connectivity index (χ1v) is 5.22. The Kier molecular flexibility index (Phi) is 4.72. The van der Waals surface area contributed by atoms with Crippen LogP contribution in [-0.2, 0) is 15.7 Å². The molecule has 18 heavy (non-hydrogen) atoms. The number of benzene rings is 1. The summed E-state index contributed by atoms with van der Waals surface area (Å²) in [5.74, 6) is 0. The zero-order valence-electron chi connectivity index (χ0n) is 10.3. The third kappa shape index (κ3) is 3.22. The normalized spacial score (nSPS) is 14.0. The molecule has 1 aromatic rings. The fraction of sp³-hybridized carbons (Fsp3) is 0.500. The van der Waals surface area contributed by atoms with Crippen molar-refractivity contribution < 1.29 is 27.8 Å². The fourth-order valence-corrected chi connectivity index (χ4v) is 1.68. The number of rotatable bonds is 4. The van der Waals surface area contributed by atoms with E-state index in [0.717, 1.165) is 12.1 Å². The van der Waals surface area contributed by atoms with E-state index >= 15 is 0 Å². The molecule has 6 heteroatoms. The van der Waals surface area contributed by atoms with Gasteiger partial charge in [0, 0.05) is 14.2 Å². The van der Waals surface area contributed by atoms with E-state index in [9.17, 15) is 18.3 Å². The molecule has 0 saturated heterocycles. The van der Waals surface area contributed by atoms with Gasteiger partial charge >= 0.3 is 6.18 Å². The maximum Gasteiger partial charge on any atom is 0.416 e. The lowest BCUT2D eigenvalue weighted by Crippen LogP contribution is -2.23. The summed E-state index contributed by atoms with van der Waals surface area (Å²) < 4.78 is 47.2. The van der Waals surface area contributed by atoms with Gasteiger partial charge in [-0.15, -0.1) is 0 Å². The van der Waals surface area contributed by atoms with Crippen molar-refractivity contribution in [2.45, 2.75) is 25.5 Å². The molecule has 0 aliphatic carbocycles. The van der Waals surface area contributed by atoms with Crippen molar-refractivity contribution in [3.63, 3.8) is 0 Å². The van der Waals surface area contributed by atoms with Crippen LogP contribution in [0, 0.1) is 6.92 Å².